The first-order chi connectivity index (χ1) is 11.6. The minimum absolute atomic E-state index is 0.0877. The van der Waals surface area contributed by atoms with E-state index in [1.807, 2.05) is 0 Å². The third kappa shape index (κ3) is 3.36. The fourth-order valence-corrected chi connectivity index (χ4v) is 2.49. The van der Waals surface area contributed by atoms with E-state index in [-0.39, 0.29) is 10.8 Å². The van der Waals surface area contributed by atoms with Crippen LogP contribution in [0.25, 0.3) is 6.08 Å². The molecule has 0 unspecified atom stereocenters. The predicted octanol–water partition coefficient (Wildman–Crippen LogP) is 4.16. The fourth-order valence-electron chi connectivity index (χ4n) is 2.31. The van der Waals surface area contributed by atoms with E-state index in [1.54, 1.807) is 18.2 Å². The van der Waals surface area contributed by atoms with Gasteiger partial charge in [-0.3, -0.25) is 4.79 Å². The summed E-state index contributed by atoms with van der Waals surface area (Å²) in [4.78, 5) is 12.2. The van der Waals surface area contributed by atoms with Gasteiger partial charge in [0.05, 0.1) is 12.1 Å². The number of benzene rings is 2. The van der Waals surface area contributed by atoms with Gasteiger partial charge in [0, 0.05) is 5.56 Å². The summed E-state index contributed by atoms with van der Waals surface area (Å²) in [5, 5.41) is -0.0877. The van der Waals surface area contributed by atoms with Crippen molar-refractivity contribution in [1.29, 1.82) is 0 Å². The highest BCUT2D eigenvalue weighted by atomic mass is 35.5. The largest absolute Gasteiger partial charge is 0.493 e. The van der Waals surface area contributed by atoms with Crippen LogP contribution in [0.4, 0.5) is 4.39 Å². The molecule has 1 heterocycles. The number of hydrogen-bond donors (Lipinski definition) is 0. The van der Waals surface area contributed by atoms with Gasteiger partial charge in [-0.1, -0.05) is 17.7 Å². The number of carbonyl (C=O) groups is 1. The smallest absolute Gasteiger partial charge is 0.203 e. The van der Waals surface area contributed by atoms with Crippen LogP contribution in [0.1, 0.15) is 15.9 Å². The van der Waals surface area contributed by atoms with Gasteiger partial charge in [0.1, 0.15) is 19.0 Å². The standard InChI is InChI=1S/C18H14ClFO4/c1-22-16-8-11(9-17-18(16)24-7-6-23-17)2-5-15(21)12-3-4-14(20)13(19)10-12/h2-5,8-10H,6-7H2,1H3/b5-2+. The number of methoxy groups -OCH3 is 1. The molecule has 24 heavy (non-hydrogen) atoms. The molecule has 2 aromatic rings. The summed E-state index contributed by atoms with van der Waals surface area (Å²) in [5.74, 6) is 0.804. The normalized spacial score (nSPS) is 13.1. The van der Waals surface area contributed by atoms with Crippen LogP contribution in [0, 0.1) is 5.82 Å². The van der Waals surface area contributed by atoms with Crippen LogP contribution in [-0.2, 0) is 0 Å². The molecule has 2 aromatic carbocycles. The molecule has 0 saturated carbocycles. The molecule has 3 rings (SSSR count). The number of ketones is 1. The van der Waals surface area contributed by atoms with Gasteiger partial charge in [-0.05, 0) is 42.0 Å². The summed E-state index contributed by atoms with van der Waals surface area (Å²) in [6, 6.07) is 7.36. The van der Waals surface area contributed by atoms with Crippen molar-refractivity contribution in [2.24, 2.45) is 0 Å². The minimum atomic E-state index is -0.561. The summed E-state index contributed by atoms with van der Waals surface area (Å²) in [7, 11) is 1.53. The molecule has 124 valence electrons. The summed E-state index contributed by atoms with van der Waals surface area (Å²) in [5.41, 5.74) is 1.03. The molecular weight excluding hydrogens is 335 g/mol. The number of allylic oxidation sites excluding steroid dienone is 1. The molecular formula is C18H14ClFO4. The molecule has 0 radical (unpaired) electrons. The van der Waals surface area contributed by atoms with Gasteiger partial charge in [0.15, 0.2) is 17.3 Å². The maximum absolute atomic E-state index is 13.2. The number of ether oxygens (including phenoxy) is 3. The van der Waals surface area contributed by atoms with E-state index in [0.29, 0.717) is 36.0 Å². The van der Waals surface area contributed by atoms with Crippen molar-refractivity contribution in [3.05, 3.63) is 58.4 Å². The molecule has 0 spiro atoms. The topological polar surface area (TPSA) is 44.8 Å². The molecule has 0 saturated heterocycles. The number of halogens is 2. The molecule has 1 aliphatic rings. The molecule has 0 fully saturated rings. The third-order valence-electron chi connectivity index (χ3n) is 3.48. The van der Waals surface area contributed by atoms with Gasteiger partial charge < -0.3 is 14.2 Å². The zero-order valence-electron chi connectivity index (χ0n) is 12.8. The Morgan fingerprint density at radius 1 is 1.25 bits per heavy atom. The van der Waals surface area contributed by atoms with Crippen LogP contribution in [0.2, 0.25) is 5.02 Å². The zero-order valence-corrected chi connectivity index (χ0v) is 13.6. The van der Waals surface area contributed by atoms with E-state index in [2.05, 4.69) is 0 Å². The first kappa shape index (κ1) is 16.3. The Labute approximate surface area is 143 Å². The van der Waals surface area contributed by atoms with E-state index < -0.39 is 5.82 Å². The lowest BCUT2D eigenvalue weighted by atomic mass is 10.1. The summed E-state index contributed by atoms with van der Waals surface area (Å²) in [6.45, 7) is 0.915. The van der Waals surface area contributed by atoms with E-state index in [1.165, 1.54) is 25.3 Å². The first-order valence-electron chi connectivity index (χ1n) is 7.23. The second kappa shape index (κ2) is 6.93. The van der Waals surface area contributed by atoms with Gasteiger partial charge in [0.2, 0.25) is 5.75 Å². The molecule has 0 atom stereocenters. The summed E-state index contributed by atoms with van der Waals surface area (Å²) in [6.07, 6.45) is 3.01. The van der Waals surface area contributed by atoms with E-state index in [0.717, 1.165) is 11.6 Å². The van der Waals surface area contributed by atoms with Gasteiger partial charge in [-0.2, -0.15) is 0 Å². The second-order valence-corrected chi connectivity index (χ2v) is 5.48. The molecule has 0 aliphatic carbocycles. The average molecular weight is 349 g/mol. The summed E-state index contributed by atoms with van der Waals surface area (Å²) < 4.78 is 29.5. The summed E-state index contributed by atoms with van der Waals surface area (Å²) >= 11 is 5.70. The third-order valence-corrected chi connectivity index (χ3v) is 3.77. The fraction of sp³-hybridized carbons (Fsp3) is 0.167. The molecule has 4 nitrogen and oxygen atoms in total. The number of hydrogen-bond acceptors (Lipinski definition) is 4. The van der Waals surface area contributed by atoms with Crippen LogP contribution in [-0.4, -0.2) is 26.1 Å². The second-order valence-electron chi connectivity index (χ2n) is 5.07. The SMILES string of the molecule is COc1cc(/C=C/C(=O)c2ccc(F)c(Cl)c2)cc2c1OCCO2. The molecule has 0 aromatic heterocycles. The van der Waals surface area contributed by atoms with Gasteiger partial charge in [-0.15, -0.1) is 0 Å². The van der Waals surface area contributed by atoms with E-state index >= 15 is 0 Å². The van der Waals surface area contributed by atoms with Crippen LogP contribution in [0.5, 0.6) is 17.2 Å². The van der Waals surface area contributed by atoms with Crippen molar-refractivity contribution in [2.75, 3.05) is 20.3 Å². The molecule has 6 heteroatoms. The van der Waals surface area contributed by atoms with Crippen molar-refractivity contribution in [2.45, 2.75) is 0 Å². The Morgan fingerprint density at radius 3 is 2.79 bits per heavy atom. The van der Waals surface area contributed by atoms with Gasteiger partial charge >= 0.3 is 0 Å². The number of carbonyl (C=O) groups excluding carboxylic acids is 1. The molecule has 0 N–H and O–H groups in total. The Hall–Kier alpha value is -2.53. The Kier molecular flexibility index (Phi) is 4.71. The van der Waals surface area contributed by atoms with Crippen molar-refractivity contribution in [3.63, 3.8) is 0 Å². The highest BCUT2D eigenvalue weighted by Crippen LogP contribution is 2.40. The van der Waals surface area contributed by atoms with Crippen molar-refractivity contribution < 1.29 is 23.4 Å². The zero-order chi connectivity index (χ0) is 17.1. The van der Waals surface area contributed by atoms with Crippen LogP contribution in [0.3, 0.4) is 0 Å². The Bertz CT molecular complexity index is 800. The van der Waals surface area contributed by atoms with Crippen LogP contribution < -0.4 is 14.2 Å². The molecule has 0 amide bonds. The van der Waals surface area contributed by atoms with Gasteiger partial charge in [-0.25, -0.2) is 4.39 Å². The Balaban J connectivity index is 1.85. The highest BCUT2D eigenvalue weighted by Gasteiger charge is 2.17. The number of rotatable bonds is 4. The first-order valence-corrected chi connectivity index (χ1v) is 7.61. The minimum Gasteiger partial charge on any atom is -0.493 e. The van der Waals surface area contributed by atoms with Crippen LogP contribution in [0.15, 0.2) is 36.4 Å². The maximum Gasteiger partial charge on any atom is 0.203 e. The Morgan fingerprint density at radius 2 is 2.04 bits per heavy atom. The van der Waals surface area contributed by atoms with Gasteiger partial charge in [0.25, 0.3) is 0 Å². The van der Waals surface area contributed by atoms with Crippen molar-refractivity contribution in [1.82, 2.24) is 0 Å². The van der Waals surface area contributed by atoms with E-state index in [9.17, 15) is 9.18 Å². The average Bonchev–Trinajstić information content (AvgIpc) is 2.61. The lowest BCUT2D eigenvalue weighted by Gasteiger charge is -2.20. The number of fused-ring (bicyclic) bond motifs is 1. The van der Waals surface area contributed by atoms with Crippen molar-refractivity contribution in [3.8, 4) is 17.2 Å². The molecule has 1 aliphatic heterocycles. The quantitative estimate of drug-likeness (QED) is 0.615. The van der Waals surface area contributed by atoms with Crippen LogP contribution >= 0.6 is 11.6 Å². The lowest BCUT2D eigenvalue weighted by Crippen LogP contribution is -2.16. The predicted molar refractivity (Wildman–Crippen MR) is 88.8 cm³/mol. The molecule has 0 bridgehead atoms. The van der Waals surface area contributed by atoms with Crippen molar-refractivity contribution >= 4 is 23.5 Å². The monoisotopic (exact) mass is 348 g/mol. The lowest BCUT2D eigenvalue weighted by molar-refractivity contribution is 0.104. The highest BCUT2D eigenvalue weighted by molar-refractivity contribution is 6.31. The maximum atomic E-state index is 13.2. The van der Waals surface area contributed by atoms with E-state index in [4.69, 9.17) is 25.8 Å².